The van der Waals surface area contributed by atoms with Gasteiger partial charge in [-0.1, -0.05) is 24.3 Å². The smallest absolute Gasteiger partial charge is 1.00 e. The number of benzene rings is 1. The van der Waals surface area contributed by atoms with Crippen molar-refractivity contribution in [1.82, 2.24) is 0 Å². The molecule has 0 aromatic heterocycles. The maximum atomic E-state index is 5.47. The van der Waals surface area contributed by atoms with Crippen molar-refractivity contribution in [2.75, 3.05) is 0 Å². The van der Waals surface area contributed by atoms with Crippen LogP contribution < -0.4 is 41.0 Å². The van der Waals surface area contributed by atoms with E-state index < -0.39 is 0 Å². The Morgan fingerprint density at radius 2 is 1.36 bits per heavy atom. The average molecular weight is 160 g/mol. The minimum atomic E-state index is 0. The van der Waals surface area contributed by atoms with Gasteiger partial charge in [-0.05, 0) is 11.1 Å². The maximum Gasteiger partial charge on any atom is 1.00 e. The van der Waals surface area contributed by atoms with E-state index in [1.165, 1.54) is 0 Å². The second-order valence-corrected chi connectivity index (χ2v) is 2.18. The van der Waals surface area contributed by atoms with Crippen LogP contribution in [0.4, 0.5) is 0 Å². The summed E-state index contributed by atoms with van der Waals surface area (Å²) in [5.74, 6) is 0. The second kappa shape index (κ2) is 5.75. The van der Waals surface area contributed by atoms with Crippen molar-refractivity contribution in [3.63, 3.8) is 0 Å². The van der Waals surface area contributed by atoms with Gasteiger partial charge in [-0.25, -0.2) is 0 Å². The van der Waals surface area contributed by atoms with Crippen molar-refractivity contribution in [3.05, 3.63) is 35.4 Å². The molecule has 0 unspecified atom stereocenters. The van der Waals surface area contributed by atoms with Gasteiger partial charge in [0.1, 0.15) is 0 Å². The fraction of sp³-hybridized carbons (Fsp3) is 0.250. The van der Waals surface area contributed by atoms with Crippen LogP contribution in [-0.4, -0.2) is 0 Å². The third-order valence-electron chi connectivity index (χ3n) is 1.56. The second-order valence-electron chi connectivity index (χ2n) is 2.18. The van der Waals surface area contributed by atoms with Gasteiger partial charge in [0.15, 0.2) is 0 Å². The largest absolute Gasteiger partial charge is 1.00 e. The zero-order valence-electron chi connectivity index (χ0n) is 7.88. The molecule has 0 heterocycles. The first kappa shape index (κ1) is 11.1. The van der Waals surface area contributed by atoms with Crippen LogP contribution in [0.3, 0.4) is 0 Å². The first-order valence-electron chi connectivity index (χ1n) is 3.35. The van der Waals surface area contributed by atoms with E-state index in [9.17, 15) is 0 Å². The molecule has 1 aromatic carbocycles. The summed E-state index contributed by atoms with van der Waals surface area (Å²) in [4.78, 5) is 0. The summed E-state index contributed by atoms with van der Waals surface area (Å²) in [7, 11) is 0. The monoisotopic (exact) mass is 160 g/mol. The van der Waals surface area contributed by atoms with Crippen LogP contribution in [0, 0.1) is 0 Å². The molecule has 0 aliphatic carbocycles. The van der Waals surface area contributed by atoms with Crippen LogP contribution >= 0.6 is 0 Å². The van der Waals surface area contributed by atoms with Crippen molar-refractivity contribution >= 4 is 0 Å². The van der Waals surface area contributed by atoms with Gasteiger partial charge in [0.05, 0.1) is 0 Å². The van der Waals surface area contributed by atoms with Gasteiger partial charge in [-0.3, -0.25) is 0 Å². The average Bonchev–Trinajstić information content (AvgIpc) is 2.04. The van der Waals surface area contributed by atoms with E-state index in [1.54, 1.807) is 0 Å². The van der Waals surface area contributed by atoms with Crippen molar-refractivity contribution in [1.29, 1.82) is 0 Å². The Hall–Kier alpha value is 0.140. The molecule has 0 amide bonds. The Morgan fingerprint density at radius 3 is 1.64 bits per heavy atom. The molecule has 0 atom stereocenters. The van der Waals surface area contributed by atoms with Crippen LogP contribution in [-0.2, 0) is 13.1 Å². The minimum absolute atomic E-state index is 0. The molecule has 0 bridgehead atoms. The quantitative estimate of drug-likeness (QED) is 0.479. The van der Waals surface area contributed by atoms with Gasteiger partial charge in [0, 0.05) is 13.1 Å². The summed E-state index contributed by atoms with van der Waals surface area (Å²) in [5, 5.41) is 0. The third-order valence-corrected chi connectivity index (χ3v) is 1.56. The van der Waals surface area contributed by atoms with Gasteiger partial charge < -0.3 is 12.9 Å². The fourth-order valence-electron chi connectivity index (χ4n) is 0.956. The van der Waals surface area contributed by atoms with Gasteiger partial charge in [-0.2, -0.15) is 0 Å². The van der Waals surface area contributed by atoms with E-state index in [-0.39, 0.29) is 31.0 Å². The predicted molar refractivity (Wildman–Crippen MR) is 43.3 cm³/mol. The third kappa shape index (κ3) is 2.93. The molecular formula is C8H13N2Na. The van der Waals surface area contributed by atoms with Crippen molar-refractivity contribution < 1.29 is 31.0 Å². The Labute approximate surface area is 90.7 Å². The van der Waals surface area contributed by atoms with Crippen LogP contribution in [0.15, 0.2) is 24.3 Å². The number of hydrogen-bond donors (Lipinski definition) is 2. The number of rotatable bonds is 2. The normalized spacial score (nSPS) is 8.91. The Bertz CT molecular complexity index is 195. The Morgan fingerprint density at radius 1 is 1.00 bits per heavy atom. The molecule has 0 spiro atoms. The molecule has 0 aliphatic heterocycles. The molecule has 1 rings (SSSR count). The molecule has 0 saturated heterocycles. The van der Waals surface area contributed by atoms with E-state index in [4.69, 9.17) is 11.5 Å². The Kier molecular flexibility index (Phi) is 5.82. The number of nitrogens with two attached hydrogens (primary N) is 2. The van der Waals surface area contributed by atoms with Gasteiger partial charge in [0.25, 0.3) is 0 Å². The summed E-state index contributed by atoms with van der Waals surface area (Å²) < 4.78 is 0. The zero-order chi connectivity index (χ0) is 7.40. The molecule has 0 saturated carbocycles. The van der Waals surface area contributed by atoms with Crippen LogP contribution in [0.1, 0.15) is 12.6 Å². The molecule has 3 heteroatoms. The summed E-state index contributed by atoms with van der Waals surface area (Å²) in [6.45, 7) is 1.15. The minimum Gasteiger partial charge on any atom is -1.00 e. The summed E-state index contributed by atoms with van der Waals surface area (Å²) >= 11 is 0. The first-order chi connectivity index (χ1) is 4.88. The van der Waals surface area contributed by atoms with E-state index in [2.05, 4.69) is 0 Å². The van der Waals surface area contributed by atoms with E-state index in [0.717, 1.165) is 11.1 Å². The van der Waals surface area contributed by atoms with Crippen molar-refractivity contribution in [3.8, 4) is 0 Å². The maximum absolute atomic E-state index is 5.47. The molecule has 4 N–H and O–H groups in total. The predicted octanol–water partition coefficient (Wildman–Crippen LogP) is -2.28. The molecule has 11 heavy (non-hydrogen) atoms. The fourth-order valence-corrected chi connectivity index (χ4v) is 0.956. The van der Waals surface area contributed by atoms with E-state index in [0.29, 0.717) is 13.1 Å². The van der Waals surface area contributed by atoms with Crippen molar-refractivity contribution in [2.24, 2.45) is 11.5 Å². The molecule has 56 valence electrons. The molecule has 0 radical (unpaired) electrons. The van der Waals surface area contributed by atoms with Crippen LogP contribution in [0.5, 0.6) is 0 Å². The van der Waals surface area contributed by atoms with Gasteiger partial charge >= 0.3 is 29.6 Å². The van der Waals surface area contributed by atoms with Gasteiger partial charge in [-0.15, -0.1) is 0 Å². The van der Waals surface area contributed by atoms with Gasteiger partial charge in [0.2, 0.25) is 0 Å². The Balaban J connectivity index is 0. The molecular weight excluding hydrogens is 147 g/mol. The van der Waals surface area contributed by atoms with E-state index >= 15 is 0 Å². The summed E-state index contributed by atoms with van der Waals surface area (Å²) in [5.41, 5.74) is 13.2. The van der Waals surface area contributed by atoms with Crippen LogP contribution in [0.25, 0.3) is 0 Å². The van der Waals surface area contributed by atoms with Crippen LogP contribution in [0.2, 0.25) is 0 Å². The first-order valence-corrected chi connectivity index (χ1v) is 3.35. The number of hydrogen-bond acceptors (Lipinski definition) is 2. The summed E-state index contributed by atoms with van der Waals surface area (Å²) in [6.07, 6.45) is 0. The molecule has 2 nitrogen and oxygen atoms in total. The van der Waals surface area contributed by atoms with E-state index in [1.807, 2.05) is 24.3 Å². The molecule has 0 fully saturated rings. The topological polar surface area (TPSA) is 52.0 Å². The standard InChI is InChI=1S/C8H12N2.Na.H/c9-5-7-3-1-2-4-8(7)6-10;;/h1-4H,5-6,9-10H2;;/q;+1;-1. The SMILES string of the molecule is NCc1ccccc1CN.[H-].[Na+]. The summed E-state index contributed by atoms with van der Waals surface area (Å²) in [6, 6.07) is 7.95. The zero-order valence-corrected chi connectivity index (χ0v) is 8.88. The van der Waals surface area contributed by atoms with Crippen molar-refractivity contribution in [2.45, 2.75) is 13.1 Å². The molecule has 0 aliphatic rings. The molecule has 1 aromatic rings.